The number of ether oxygens (including phenoxy) is 2. The maximum Gasteiger partial charge on any atom is 0.407 e. The SMILES string of the molecule is Cc1cc(-c2ccc3ccccc3c2)nn1CCOc1ccc(CCC(=O)O)c(CNC(=O)OC(C)C)c1. The molecule has 0 bridgehead atoms. The minimum absolute atomic E-state index is 0.00175. The first kappa shape index (κ1) is 26.7. The number of carboxylic acid groups (broad SMARTS) is 1. The molecule has 0 atom stereocenters. The predicted octanol–water partition coefficient (Wildman–Crippen LogP) is 5.74. The van der Waals surface area contributed by atoms with Crippen LogP contribution in [0.1, 0.15) is 37.1 Å². The Kier molecular flexibility index (Phi) is 8.63. The molecule has 0 saturated heterocycles. The number of benzene rings is 3. The van der Waals surface area contributed by atoms with Crippen LogP contribution in [0.4, 0.5) is 4.79 Å². The Hall–Kier alpha value is -4.33. The predicted molar refractivity (Wildman–Crippen MR) is 146 cm³/mol. The Bertz CT molecular complexity index is 1430. The van der Waals surface area contributed by atoms with Crippen LogP contribution in [0.3, 0.4) is 0 Å². The van der Waals surface area contributed by atoms with Crippen molar-refractivity contribution in [1.82, 2.24) is 15.1 Å². The van der Waals surface area contributed by atoms with Gasteiger partial charge in [-0.2, -0.15) is 5.10 Å². The lowest BCUT2D eigenvalue weighted by Crippen LogP contribution is -2.26. The van der Waals surface area contributed by atoms with Gasteiger partial charge in [0.05, 0.1) is 18.3 Å². The Morgan fingerprint density at radius 1 is 1.00 bits per heavy atom. The molecular formula is C30H33N3O5. The lowest BCUT2D eigenvalue weighted by molar-refractivity contribution is -0.136. The van der Waals surface area contributed by atoms with Crippen LogP contribution in [0.5, 0.6) is 5.75 Å². The maximum absolute atomic E-state index is 12.0. The van der Waals surface area contributed by atoms with Crippen molar-refractivity contribution in [3.8, 4) is 17.0 Å². The summed E-state index contributed by atoms with van der Waals surface area (Å²) in [7, 11) is 0. The molecule has 0 fully saturated rings. The van der Waals surface area contributed by atoms with Crippen LogP contribution in [-0.2, 0) is 29.0 Å². The standard InChI is InChI=1S/C30H33N3O5/c1-20(2)38-30(36)31-19-26-18-27(12-10-23(26)11-13-29(34)35)37-15-14-33-21(3)16-28(32-33)25-9-8-22-6-4-5-7-24(22)17-25/h4-10,12,16-18,20H,11,13-15,19H2,1-3H3,(H,31,36)(H,34,35). The number of fused-ring (bicyclic) bond motifs is 1. The second-order valence-corrected chi connectivity index (χ2v) is 9.44. The highest BCUT2D eigenvalue weighted by Crippen LogP contribution is 2.24. The highest BCUT2D eigenvalue weighted by molar-refractivity contribution is 5.86. The van der Waals surface area contributed by atoms with Gasteiger partial charge in [0, 0.05) is 24.2 Å². The average molecular weight is 516 g/mol. The minimum Gasteiger partial charge on any atom is -0.492 e. The molecule has 0 saturated carbocycles. The first-order valence-corrected chi connectivity index (χ1v) is 12.7. The number of aliphatic carboxylic acids is 1. The second-order valence-electron chi connectivity index (χ2n) is 9.44. The zero-order valence-electron chi connectivity index (χ0n) is 21.9. The molecule has 0 aliphatic rings. The molecule has 0 aliphatic heterocycles. The van der Waals surface area contributed by atoms with Crippen molar-refractivity contribution in [3.63, 3.8) is 0 Å². The number of carbonyl (C=O) groups excluding carboxylic acids is 1. The van der Waals surface area contributed by atoms with Crippen molar-refractivity contribution < 1.29 is 24.2 Å². The highest BCUT2D eigenvalue weighted by Gasteiger charge is 2.12. The molecule has 0 unspecified atom stereocenters. The number of amides is 1. The third-order valence-corrected chi connectivity index (χ3v) is 6.15. The summed E-state index contributed by atoms with van der Waals surface area (Å²) >= 11 is 0. The molecule has 1 amide bonds. The third kappa shape index (κ3) is 7.12. The molecule has 4 aromatic rings. The van der Waals surface area contributed by atoms with Crippen molar-refractivity contribution in [3.05, 3.63) is 83.6 Å². The van der Waals surface area contributed by atoms with Gasteiger partial charge in [0.25, 0.3) is 0 Å². The van der Waals surface area contributed by atoms with E-state index in [0.29, 0.717) is 25.3 Å². The third-order valence-electron chi connectivity index (χ3n) is 6.15. The zero-order chi connectivity index (χ0) is 27.1. The van der Waals surface area contributed by atoms with Crippen molar-refractivity contribution in [2.45, 2.75) is 52.8 Å². The van der Waals surface area contributed by atoms with Gasteiger partial charge in [0.15, 0.2) is 0 Å². The summed E-state index contributed by atoms with van der Waals surface area (Å²) in [5, 5.41) is 19.0. The van der Waals surface area contributed by atoms with Crippen LogP contribution in [0, 0.1) is 6.92 Å². The van der Waals surface area contributed by atoms with Crippen LogP contribution in [0.2, 0.25) is 0 Å². The van der Waals surface area contributed by atoms with Gasteiger partial charge in [0.2, 0.25) is 0 Å². The summed E-state index contributed by atoms with van der Waals surface area (Å²) in [6.45, 7) is 6.75. The summed E-state index contributed by atoms with van der Waals surface area (Å²) in [6, 6.07) is 22.2. The van der Waals surface area contributed by atoms with E-state index in [4.69, 9.17) is 19.7 Å². The molecule has 2 N–H and O–H groups in total. The molecule has 38 heavy (non-hydrogen) atoms. The van der Waals surface area contributed by atoms with E-state index in [9.17, 15) is 9.59 Å². The van der Waals surface area contributed by atoms with Gasteiger partial charge < -0.3 is 19.9 Å². The Morgan fingerprint density at radius 2 is 1.79 bits per heavy atom. The number of rotatable bonds is 11. The maximum atomic E-state index is 12.0. The van der Waals surface area contributed by atoms with Crippen molar-refractivity contribution in [2.24, 2.45) is 0 Å². The number of hydrogen-bond acceptors (Lipinski definition) is 5. The van der Waals surface area contributed by atoms with E-state index >= 15 is 0 Å². The summed E-state index contributed by atoms with van der Waals surface area (Å²) in [6.07, 6.45) is -0.395. The zero-order valence-corrected chi connectivity index (χ0v) is 21.9. The monoisotopic (exact) mass is 515 g/mol. The van der Waals surface area contributed by atoms with E-state index in [-0.39, 0.29) is 19.1 Å². The fourth-order valence-corrected chi connectivity index (χ4v) is 4.24. The topological polar surface area (TPSA) is 103 Å². The van der Waals surface area contributed by atoms with E-state index in [0.717, 1.165) is 28.1 Å². The van der Waals surface area contributed by atoms with Crippen LogP contribution in [-0.4, -0.2) is 39.7 Å². The minimum atomic E-state index is -0.874. The molecule has 0 aliphatic carbocycles. The molecule has 198 valence electrons. The smallest absolute Gasteiger partial charge is 0.407 e. The lowest BCUT2D eigenvalue weighted by Gasteiger charge is -2.14. The van der Waals surface area contributed by atoms with Gasteiger partial charge in [-0.15, -0.1) is 0 Å². The molecule has 8 heteroatoms. The first-order chi connectivity index (χ1) is 18.3. The summed E-state index contributed by atoms with van der Waals surface area (Å²) in [4.78, 5) is 23.0. The molecule has 0 radical (unpaired) electrons. The quantitative estimate of drug-likeness (QED) is 0.264. The molecule has 1 heterocycles. The van der Waals surface area contributed by atoms with Gasteiger partial charge in [-0.05, 0) is 73.4 Å². The molecular weight excluding hydrogens is 482 g/mol. The van der Waals surface area contributed by atoms with Crippen molar-refractivity contribution in [2.75, 3.05) is 6.61 Å². The fraction of sp³-hybridized carbons (Fsp3) is 0.300. The molecule has 3 aromatic carbocycles. The Labute approximate surface area is 222 Å². The Balaban J connectivity index is 1.41. The summed E-state index contributed by atoms with van der Waals surface area (Å²) < 4.78 is 13.1. The van der Waals surface area contributed by atoms with Gasteiger partial charge in [-0.3, -0.25) is 9.48 Å². The molecule has 4 rings (SSSR count). The average Bonchev–Trinajstić information content (AvgIpc) is 3.26. The van der Waals surface area contributed by atoms with Crippen LogP contribution < -0.4 is 10.1 Å². The first-order valence-electron chi connectivity index (χ1n) is 12.7. The van der Waals surface area contributed by atoms with Gasteiger partial charge >= 0.3 is 12.1 Å². The van der Waals surface area contributed by atoms with Gasteiger partial charge in [0.1, 0.15) is 12.4 Å². The highest BCUT2D eigenvalue weighted by atomic mass is 16.6. The number of alkyl carbamates (subject to hydrolysis) is 1. The second kappa shape index (κ2) is 12.3. The molecule has 8 nitrogen and oxygen atoms in total. The van der Waals surface area contributed by atoms with Gasteiger partial charge in [-0.1, -0.05) is 42.5 Å². The van der Waals surface area contributed by atoms with E-state index < -0.39 is 12.1 Å². The number of carboxylic acids is 1. The van der Waals surface area contributed by atoms with E-state index in [1.54, 1.807) is 13.8 Å². The van der Waals surface area contributed by atoms with E-state index in [2.05, 4.69) is 41.7 Å². The van der Waals surface area contributed by atoms with Crippen molar-refractivity contribution in [1.29, 1.82) is 0 Å². The summed E-state index contributed by atoms with van der Waals surface area (Å²) in [5.74, 6) is -0.237. The number of aryl methyl sites for hydroxylation is 2. The number of nitrogens with zero attached hydrogens (tertiary/aromatic N) is 2. The van der Waals surface area contributed by atoms with E-state index in [1.165, 1.54) is 10.8 Å². The number of hydrogen-bond donors (Lipinski definition) is 2. The van der Waals surface area contributed by atoms with Crippen molar-refractivity contribution >= 4 is 22.8 Å². The van der Waals surface area contributed by atoms with E-state index in [1.807, 2.05) is 41.9 Å². The lowest BCUT2D eigenvalue weighted by atomic mass is 10.0. The van der Waals surface area contributed by atoms with Gasteiger partial charge in [-0.25, -0.2) is 4.79 Å². The number of aromatic nitrogens is 2. The summed E-state index contributed by atoms with van der Waals surface area (Å²) in [5.41, 5.74) is 4.65. The Morgan fingerprint density at radius 3 is 2.55 bits per heavy atom. The van der Waals surface area contributed by atoms with Crippen LogP contribution >= 0.6 is 0 Å². The van der Waals surface area contributed by atoms with Crippen LogP contribution in [0.25, 0.3) is 22.0 Å². The largest absolute Gasteiger partial charge is 0.492 e. The number of carbonyl (C=O) groups is 2. The normalized spacial score (nSPS) is 11.1. The van der Waals surface area contributed by atoms with Crippen LogP contribution in [0.15, 0.2) is 66.7 Å². The fourth-order valence-electron chi connectivity index (χ4n) is 4.24. The number of nitrogens with one attached hydrogen (secondary N) is 1. The molecule has 1 aromatic heterocycles. The molecule has 0 spiro atoms.